The van der Waals surface area contributed by atoms with E-state index in [2.05, 4.69) is 35.8 Å². The summed E-state index contributed by atoms with van der Waals surface area (Å²) in [4.78, 5) is 14.8. The van der Waals surface area contributed by atoms with Crippen molar-refractivity contribution >= 4 is 23.1 Å². The van der Waals surface area contributed by atoms with Gasteiger partial charge >= 0.3 is 0 Å². The predicted octanol–water partition coefficient (Wildman–Crippen LogP) is 2.16. The van der Waals surface area contributed by atoms with Crippen molar-refractivity contribution in [1.29, 1.82) is 0 Å². The standard InChI is InChI=1S/C21H20FN9O2/c1-13(14-8-10-15(22)11-9-14)24-26-21(32)18-17(12-30(2)16-6-4-3-5-7-16)31(29-25-18)20-19(23)27-33-28-20/h3-11H,12H2,1-2H3,(H2,23,27)(H,26,32)/b24-13+. The molecular formula is C21H20FN9O2. The summed E-state index contributed by atoms with van der Waals surface area (Å²) in [5.74, 6) is -0.833. The molecule has 0 radical (unpaired) electrons. The molecule has 1 amide bonds. The zero-order valence-corrected chi connectivity index (χ0v) is 17.8. The summed E-state index contributed by atoms with van der Waals surface area (Å²) in [6.45, 7) is 1.93. The molecule has 0 saturated carbocycles. The van der Waals surface area contributed by atoms with Gasteiger partial charge in [0.05, 0.1) is 18.0 Å². The van der Waals surface area contributed by atoms with Gasteiger partial charge in [-0.15, -0.1) is 5.10 Å². The molecule has 0 bridgehead atoms. The number of nitrogens with one attached hydrogen (secondary N) is 1. The maximum atomic E-state index is 13.1. The molecule has 4 aromatic rings. The van der Waals surface area contributed by atoms with Crippen molar-refractivity contribution in [3.63, 3.8) is 0 Å². The zero-order chi connectivity index (χ0) is 23.4. The van der Waals surface area contributed by atoms with Crippen molar-refractivity contribution in [2.45, 2.75) is 13.5 Å². The maximum Gasteiger partial charge on any atom is 0.293 e. The van der Waals surface area contributed by atoms with Gasteiger partial charge in [0.15, 0.2) is 5.69 Å². The Morgan fingerprint density at radius 1 is 1.18 bits per heavy atom. The molecule has 0 aliphatic carbocycles. The molecule has 0 unspecified atom stereocenters. The van der Waals surface area contributed by atoms with Gasteiger partial charge in [0.2, 0.25) is 11.6 Å². The lowest BCUT2D eigenvalue weighted by atomic mass is 10.1. The third-order valence-corrected chi connectivity index (χ3v) is 4.85. The largest absolute Gasteiger partial charge is 0.378 e. The van der Waals surface area contributed by atoms with Crippen molar-refractivity contribution in [2.24, 2.45) is 5.10 Å². The molecule has 0 aliphatic heterocycles. The molecule has 3 N–H and O–H groups in total. The summed E-state index contributed by atoms with van der Waals surface area (Å²) in [5.41, 5.74) is 10.8. The summed E-state index contributed by atoms with van der Waals surface area (Å²) in [6.07, 6.45) is 0. The van der Waals surface area contributed by atoms with Gasteiger partial charge in [0, 0.05) is 12.7 Å². The van der Waals surface area contributed by atoms with Crippen LogP contribution >= 0.6 is 0 Å². The number of nitrogens with two attached hydrogens (primary N) is 1. The summed E-state index contributed by atoms with van der Waals surface area (Å²) in [6, 6.07) is 15.3. The van der Waals surface area contributed by atoms with Crippen LogP contribution in [0.5, 0.6) is 0 Å². The maximum absolute atomic E-state index is 13.1. The van der Waals surface area contributed by atoms with Crippen LogP contribution in [0.15, 0.2) is 64.3 Å². The fourth-order valence-electron chi connectivity index (χ4n) is 3.07. The second-order valence-corrected chi connectivity index (χ2v) is 7.11. The lowest BCUT2D eigenvalue weighted by molar-refractivity contribution is 0.0948. The fraction of sp³-hybridized carbons (Fsp3) is 0.143. The van der Waals surface area contributed by atoms with Crippen LogP contribution in [-0.4, -0.2) is 44.0 Å². The second-order valence-electron chi connectivity index (χ2n) is 7.11. The first-order valence-electron chi connectivity index (χ1n) is 9.83. The summed E-state index contributed by atoms with van der Waals surface area (Å²) >= 11 is 0. The summed E-state index contributed by atoms with van der Waals surface area (Å²) < 4.78 is 19.1. The van der Waals surface area contributed by atoms with E-state index in [9.17, 15) is 9.18 Å². The molecule has 12 heteroatoms. The number of anilines is 2. The quantitative estimate of drug-likeness (QED) is 0.323. The van der Waals surface area contributed by atoms with E-state index in [1.54, 1.807) is 19.1 Å². The van der Waals surface area contributed by atoms with Gasteiger partial charge in [-0.1, -0.05) is 35.5 Å². The van der Waals surface area contributed by atoms with Crippen LogP contribution in [0.25, 0.3) is 5.82 Å². The minimum atomic E-state index is -0.589. The number of para-hydroxylation sites is 1. The summed E-state index contributed by atoms with van der Waals surface area (Å²) in [7, 11) is 1.86. The van der Waals surface area contributed by atoms with Gasteiger partial charge in [-0.05, 0) is 47.1 Å². The number of amides is 1. The Morgan fingerprint density at radius 3 is 2.58 bits per heavy atom. The molecule has 0 saturated heterocycles. The van der Waals surface area contributed by atoms with Crippen LogP contribution in [0, 0.1) is 5.82 Å². The number of nitrogens with zero attached hydrogens (tertiary/aromatic N) is 7. The van der Waals surface area contributed by atoms with E-state index in [4.69, 9.17) is 5.73 Å². The van der Waals surface area contributed by atoms with Crippen LogP contribution in [0.2, 0.25) is 0 Å². The lowest BCUT2D eigenvalue weighted by Gasteiger charge is -2.19. The number of hydrogen-bond donors (Lipinski definition) is 2. The van der Waals surface area contributed by atoms with Crippen molar-refractivity contribution in [2.75, 3.05) is 17.7 Å². The van der Waals surface area contributed by atoms with E-state index < -0.39 is 5.91 Å². The van der Waals surface area contributed by atoms with Crippen molar-refractivity contribution in [3.05, 3.63) is 77.4 Å². The number of hydrazone groups is 1. The average molecular weight is 449 g/mol. The first-order valence-corrected chi connectivity index (χ1v) is 9.83. The molecule has 11 nitrogen and oxygen atoms in total. The van der Waals surface area contributed by atoms with Crippen LogP contribution < -0.4 is 16.1 Å². The number of nitrogen functional groups attached to an aromatic ring is 1. The Labute approximate surface area is 187 Å². The molecule has 0 aliphatic rings. The Morgan fingerprint density at radius 2 is 1.91 bits per heavy atom. The molecule has 4 rings (SSSR count). The average Bonchev–Trinajstić information content (AvgIpc) is 3.43. The molecule has 0 spiro atoms. The Balaban J connectivity index is 1.63. The third-order valence-electron chi connectivity index (χ3n) is 4.85. The number of halogens is 1. The Bertz CT molecular complexity index is 1280. The Hall–Kier alpha value is -4.61. The fourth-order valence-corrected chi connectivity index (χ4v) is 3.07. The SMILES string of the molecule is C/C(=N\NC(=O)c1nnn(-c2nonc2N)c1CN(C)c1ccccc1)c1ccc(F)cc1. The lowest BCUT2D eigenvalue weighted by Crippen LogP contribution is -2.25. The number of carbonyl (C=O) groups excluding carboxylic acids is 1. The molecule has 0 fully saturated rings. The minimum Gasteiger partial charge on any atom is -0.378 e. The van der Waals surface area contributed by atoms with Gasteiger partial charge in [-0.2, -0.15) is 9.78 Å². The predicted molar refractivity (Wildman–Crippen MR) is 118 cm³/mol. The van der Waals surface area contributed by atoms with E-state index in [0.29, 0.717) is 17.0 Å². The van der Waals surface area contributed by atoms with Crippen LogP contribution in [0.4, 0.5) is 15.9 Å². The van der Waals surface area contributed by atoms with E-state index in [1.807, 2.05) is 42.3 Å². The molecule has 168 valence electrons. The van der Waals surface area contributed by atoms with E-state index in [1.165, 1.54) is 16.8 Å². The van der Waals surface area contributed by atoms with Gasteiger partial charge in [0.25, 0.3) is 5.91 Å². The van der Waals surface area contributed by atoms with Crippen LogP contribution in [-0.2, 0) is 6.54 Å². The van der Waals surface area contributed by atoms with Crippen LogP contribution in [0.3, 0.4) is 0 Å². The highest BCUT2D eigenvalue weighted by Gasteiger charge is 2.25. The Kier molecular flexibility index (Phi) is 6.06. The zero-order valence-electron chi connectivity index (χ0n) is 17.8. The number of hydrogen-bond acceptors (Lipinski definition) is 9. The van der Waals surface area contributed by atoms with Gasteiger partial charge in [0.1, 0.15) is 5.82 Å². The topological polar surface area (TPSA) is 140 Å². The summed E-state index contributed by atoms with van der Waals surface area (Å²) in [5, 5.41) is 19.5. The minimum absolute atomic E-state index is 0.000599. The van der Waals surface area contributed by atoms with Crippen molar-refractivity contribution in [1.82, 2.24) is 30.7 Å². The normalized spacial score (nSPS) is 11.4. The van der Waals surface area contributed by atoms with Gasteiger partial charge in [-0.3, -0.25) is 4.79 Å². The highest BCUT2D eigenvalue weighted by molar-refractivity contribution is 6.00. The van der Waals surface area contributed by atoms with E-state index >= 15 is 0 Å². The number of benzene rings is 2. The molecule has 2 heterocycles. The van der Waals surface area contributed by atoms with Crippen LogP contribution in [0.1, 0.15) is 28.7 Å². The van der Waals surface area contributed by atoms with Crippen molar-refractivity contribution in [3.8, 4) is 5.82 Å². The molecule has 2 aromatic heterocycles. The first kappa shape index (κ1) is 21.6. The smallest absolute Gasteiger partial charge is 0.293 e. The third kappa shape index (κ3) is 4.69. The van der Waals surface area contributed by atoms with Gasteiger partial charge < -0.3 is 10.6 Å². The number of aromatic nitrogens is 5. The monoisotopic (exact) mass is 449 g/mol. The van der Waals surface area contributed by atoms with Gasteiger partial charge in [-0.25, -0.2) is 14.4 Å². The van der Waals surface area contributed by atoms with E-state index in [-0.39, 0.29) is 29.7 Å². The molecular weight excluding hydrogens is 429 g/mol. The molecule has 2 aromatic carbocycles. The highest BCUT2D eigenvalue weighted by atomic mass is 19.1. The molecule has 0 atom stereocenters. The number of rotatable bonds is 7. The highest BCUT2D eigenvalue weighted by Crippen LogP contribution is 2.20. The molecule has 33 heavy (non-hydrogen) atoms. The first-order chi connectivity index (χ1) is 15.9. The number of carbonyl (C=O) groups is 1. The van der Waals surface area contributed by atoms with E-state index in [0.717, 1.165) is 5.69 Å². The van der Waals surface area contributed by atoms with Crippen molar-refractivity contribution < 1.29 is 13.8 Å². The second kappa shape index (κ2) is 9.26.